The molecule has 136 valence electrons. The first-order chi connectivity index (χ1) is 12.4. The van der Waals surface area contributed by atoms with Crippen LogP contribution in [0.3, 0.4) is 0 Å². The molecule has 0 aliphatic carbocycles. The van der Waals surface area contributed by atoms with Gasteiger partial charge in [0.2, 0.25) is 0 Å². The van der Waals surface area contributed by atoms with Gasteiger partial charge in [-0.2, -0.15) is 13.2 Å². The van der Waals surface area contributed by atoms with Gasteiger partial charge in [0, 0.05) is 11.8 Å². The standard InChI is InChI=1S/C18H15ClF3N3O/c19-9-11-8-14(26)25-17(23-11)15(16(24-25)18(20,21)22)13-7-3-5-10-4-1-2-6-12(10)13/h1-8,15-17,23-24H,9H2. The lowest BCUT2D eigenvalue weighted by Gasteiger charge is -2.33. The second kappa shape index (κ2) is 6.17. The van der Waals surface area contributed by atoms with Crippen molar-refractivity contribution in [2.45, 2.75) is 24.3 Å². The molecule has 0 bridgehead atoms. The van der Waals surface area contributed by atoms with E-state index >= 15 is 0 Å². The quantitative estimate of drug-likeness (QED) is 0.785. The first-order valence-electron chi connectivity index (χ1n) is 8.07. The summed E-state index contributed by atoms with van der Waals surface area (Å²) < 4.78 is 41.3. The molecule has 2 aromatic rings. The van der Waals surface area contributed by atoms with Gasteiger partial charge < -0.3 is 5.32 Å². The number of alkyl halides is 4. The van der Waals surface area contributed by atoms with E-state index in [1.165, 1.54) is 6.08 Å². The number of benzene rings is 2. The van der Waals surface area contributed by atoms with Crippen LogP contribution in [0.2, 0.25) is 0 Å². The van der Waals surface area contributed by atoms with Gasteiger partial charge in [-0.15, -0.1) is 11.6 Å². The van der Waals surface area contributed by atoms with E-state index in [0.717, 1.165) is 15.8 Å². The minimum Gasteiger partial charge on any atom is -0.366 e. The van der Waals surface area contributed by atoms with Crippen LogP contribution in [0.15, 0.2) is 54.2 Å². The molecule has 0 radical (unpaired) electrons. The van der Waals surface area contributed by atoms with E-state index in [9.17, 15) is 18.0 Å². The molecule has 2 aromatic carbocycles. The Kier molecular flexibility index (Phi) is 4.08. The lowest BCUT2D eigenvalue weighted by atomic mass is 9.86. The summed E-state index contributed by atoms with van der Waals surface area (Å²) in [5, 5.41) is 5.57. The number of amides is 1. The van der Waals surface area contributed by atoms with Gasteiger partial charge >= 0.3 is 6.18 Å². The third kappa shape index (κ3) is 2.71. The number of nitrogens with one attached hydrogen (secondary N) is 2. The van der Waals surface area contributed by atoms with Crippen molar-refractivity contribution in [1.82, 2.24) is 15.8 Å². The minimum absolute atomic E-state index is 0.0228. The number of allylic oxidation sites excluding steroid dienone is 1. The topological polar surface area (TPSA) is 44.4 Å². The average Bonchev–Trinajstić information content (AvgIpc) is 3.01. The molecule has 1 saturated heterocycles. The van der Waals surface area contributed by atoms with E-state index in [4.69, 9.17) is 11.6 Å². The minimum atomic E-state index is -4.53. The molecule has 2 aliphatic heterocycles. The molecule has 8 heteroatoms. The monoisotopic (exact) mass is 381 g/mol. The van der Waals surface area contributed by atoms with Gasteiger partial charge in [-0.3, -0.25) is 9.80 Å². The maximum Gasteiger partial charge on any atom is 0.406 e. The Morgan fingerprint density at radius 3 is 2.58 bits per heavy atom. The number of fused-ring (bicyclic) bond motifs is 2. The zero-order chi connectivity index (χ0) is 18.5. The fourth-order valence-electron chi connectivity index (χ4n) is 3.70. The first kappa shape index (κ1) is 17.2. The van der Waals surface area contributed by atoms with Crippen LogP contribution >= 0.6 is 11.6 Å². The van der Waals surface area contributed by atoms with E-state index in [2.05, 4.69) is 10.7 Å². The molecule has 0 saturated carbocycles. The second-order valence-electron chi connectivity index (χ2n) is 6.34. The van der Waals surface area contributed by atoms with Gasteiger partial charge in [0.25, 0.3) is 5.91 Å². The predicted molar refractivity (Wildman–Crippen MR) is 92.2 cm³/mol. The highest BCUT2D eigenvalue weighted by atomic mass is 35.5. The summed E-state index contributed by atoms with van der Waals surface area (Å²) in [7, 11) is 0. The van der Waals surface area contributed by atoms with Crippen molar-refractivity contribution in [3.63, 3.8) is 0 Å². The number of carbonyl (C=O) groups excluding carboxylic acids is 1. The van der Waals surface area contributed by atoms with Crippen molar-refractivity contribution < 1.29 is 18.0 Å². The Balaban J connectivity index is 1.87. The molecular weight excluding hydrogens is 367 g/mol. The lowest BCUT2D eigenvalue weighted by Crippen LogP contribution is -2.53. The predicted octanol–water partition coefficient (Wildman–Crippen LogP) is 3.25. The molecule has 2 heterocycles. The number of halogens is 4. The molecule has 2 N–H and O–H groups in total. The van der Waals surface area contributed by atoms with Crippen LogP contribution in [0.1, 0.15) is 11.5 Å². The Labute approximate surface area is 152 Å². The van der Waals surface area contributed by atoms with Crippen LogP contribution in [0.25, 0.3) is 10.8 Å². The lowest BCUT2D eigenvalue weighted by molar-refractivity contribution is -0.161. The Morgan fingerprint density at radius 1 is 1.12 bits per heavy atom. The Hall–Kier alpha value is -2.25. The molecule has 1 fully saturated rings. The normalized spacial score (nSPS) is 25.8. The van der Waals surface area contributed by atoms with Crippen LogP contribution in [-0.2, 0) is 4.79 Å². The number of carbonyl (C=O) groups is 1. The SMILES string of the molecule is O=C1C=C(CCl)NC2C(c3cccc4ccccc34)C(C(F)(F)F)NN12. The number of hydrazine groups is 1. The summed E-state index contributed by atoms with van der Waals surface area (Å²) >= 11 is 5.81. The summed E-state index contributed by atoms with van der Waals surface area (Å²) in [6.45, 7) is 0. The van der Waals surface area contributed by atoms with Gasteiger partial charge in [-0.1, -0.05) is 42.5 Å². The zero-order valence-electron chi connectivity index (χ0n) is 13.4. The van der Waals surface area contributed by atoms with Crippen molar-refractivity contribution in [2.75, 3.05) is 5.88 Å². The number of nitrogens with zero attached hydrogens (tertiary/aromatic N) is 1. The molecule has 1 amide bonds. The van der Waals surface area contributed by atoms with Crippen LogP contribution in [-0.4, -0.2) is 35.2 Å². The van der Waals surface area contributed by atoms with Gasteiger partial charge in [-0.05, 0) is 16.3 Å². The van der Waals surface area contributed by atoms with E-state index in [1.807, 2.05) is 18.2 Å². The van der Waals surface area contributed by atoms with Crippen molar-refractivity contribution >= 4 is 28.3 Å². The van der Waals surface area contributed by atoms with E-state index in [1.54, 1.807) is 24.3 Å². The van der Waals surface area contributed by atoms with E-state index in [0.29, 0.717) is 11.3 Å². The Bertz CT molecular complexity index is 893. The van der Waals surface area contributed by atoms with Gasteiger partial charge in [0.05, 0.1) is 11.8 Å². The fraction of sp³-hybridized carbons (Fsp3) is 0.278. The zero-order valence-corrected chi connectivity index (χ0v) is 14.2. The van der Waals surface area contributed by atoms with Crippen LogP contribution in [0, 0.1) is 0 Å². The molecule has 3 atom stereocenters. The highest BCUT2D eigenvalue weighted by molar-refractivity contribution is 6.19. The average molecular weight is 382 g/mol. The molecule has 2 aliphatic rings. The van der Waals surface area contributed by atoms with Crippen LogP contribution < -0.4 is 10.7 Å². The maximum atomic E-state index is 13.8. The van der Waals surface area contributed by atoms with Gasteiger partial charge in [0.1, 0.15) is 12.2 Å². The molecule has 4 rings (SSSR count). The van der Waals surface area contributed by atoms with Crippen LogP contribution in [0.4, 0.5) is 13.2 Å². The fourth-order valence-corrected chi connectivity index (χ4v) is 3.86. The van der Waals surface area contributed by atoms with Crippen LogP contribution in [0.5, 0.6) is 0 Å². The number of hydrogen-bond donors (Lipinski definition) is 2. The Morgan fingerprint density at radius 2 is 1.85 bits per heavy atom. The largest absolute Gasteiger partial charge is 0.406 e. The van der Waals surface area contributed by atoms with Gasteiger partial charge in [0.15, 0.2) is 0 Å². The van der Waals surface area contributed by atoms with Crippen molar-refractivity contribution in [3.05, 3.63) is 59.8 Å². The van der Waals surface area contributed by atoms with Crippen molar-refractivity contribution in [3.8, 4) is 0 Å². The molecule has 3 unspecified atom stereocenters. The number of rotatable bonds is 2. The summed E-state index contributed by atoms with van der Waals surface area (Å²) in [6.07, 6.45) is -4.18. The van der Waals surface area contributed by atoms with Crippen molar-refractivity contribution in [1.29, 1.82) is 0 Å². The van der Waals surface area contributed by atoms with E-state index < -0.39 is 30.2 Å². The summed E-state index contributed by atoms with van der Waals surface area (Å²) in [6, 6.07) is 10.7. The third-order valence-corrected chi connectivity index (χ3v) is 5.09. The third-order valence-electron chi connectivity index (χ3n) is 4.80. The smallest absolute Gasteiger partial charge is 0.366 e. The highest BCUT2D eigenvalue weighted by Crippen LogP contribution is 2.42. The molecule has 0 spiro atoms. The maximum absolute atomic E-state index is 13.8. The highest BCUT2D eigenvalue weighted by Gasteiger charge is 2.57. The molecule has 4 nitrogen and oxygen atoms in total. The second-order valence-corrected chi connectivity index (χ2v) is 6.61. The summed E-state index contributed by atoms with van der Waals surface area (Å²) in [5.41, 5.74) is 3.29. The van der Waals surface area contributed by atoms with Gasteiger partial charge in [-0.25, -0.2) is 5.43 Å². The summed E-state index contributed by atoms with van der Waals surface area (Å²) in [5.74, 6) is -1.53. The first-order valence-corrected chi connectivity index (χ1v) is 8.60. The number of hydrogen-bond acceptors (Lipinski definition) is 3. The van der Waals surface area contributed by atoms with E-state index in [-0.39, 0.29) is 5.88 Å². The molecular formula is C18H15ClF3N3O. The summed E-state index contributed by atoms with van der Waals surface area (Å²) in [4.78, 5) is 12.3. The molecule has 26 heavy (non-hydrogen) atoms. The molecule has 0 aromatic heterocycles. The van der Waals surface area contributed by atoms with Crippen molar-refractivity contribution in [2.24, 2.45) is 0 Å².